The van der Waals surface area contributed by atoms with Gasteiger partial charge < -0.3 is 11.1 Å². The molecule has 0 fully saturated rings. The number of anilines is 2. The van der Waals surface area contributed by atoms with Crippen LogP contribution in [0.15, 0.2) is 30.7 Å². The van der Waals surface area contributed by atoms with E-state index in [0.29, 0.717) is 22.6 Å². The highest BCUT2D eigenvalue weighted by Gasteiger charge is 2.18. The Balaban J connectivity index is 1.97. The first-order valence-corrected chi connectivity index (χ1v) is 7.04. The summed E-state index contributed by atoms with van der Waals surface area (Å²) in [5.74, 6) is 0.639. The van der Waals surface area contributed by atoms with Gasteiger partial charge in [-0.05, 0) is 12.1 Å². The van der Waals surface area contributed by atoms with Crippen molar-refractivity contribution in [2.24, 2.45) is 0 Å². The van der Waals surface area contributed by atoms with E-state index in [1.54, 1.807) is 36.1 Å². The minimum Gasteiger partial charge on any atom is -0.371 e. The van der Waals surface area contributed by atoms with Crippen LogP contribution in [-0.2, 0) is 0 Å². The lowest BCUT2D eigenvalue weighted by atomic mass is 10.2. The second-order valence-electron chi connectivity index (χ2n) is 5.07. The predicted octanol–water partition coefficient (Wildman–Crippen LogP) is 2.00. The fourth-order valence-corrected chi connectivity index (χ4v) is 2.61. The summed E-state index contributed by atoms with van der Waals surface area (Å²) < 4.78 is 29.0. The molecule has 0 saturated heterocycles. The molecule has 4 rings (SSSR count). The second-order valence-corrected chi connectivity index (χ2v) is 5.07. The zero-order valence-corrected chi connectivity index (χ0v) is 12.5. The van der Waals surface area contributed by atoms with Gasteiger partial charge >= 0.3 is 0 Å². The highest BCUT2D eigenvalue weighted by molar-refractivity contribution is 5.87. The van der Waals surface area contributed by atoms with Crippen molar-refractivity contribution in [3.8, 4) is 11.3 Å². The molecule has 4 aromatic heterocycles. The van der Waals surface area contributed by atoms with E-state index in [1.807, 2.05) is 0 Å². The first kappa shape index (κ1) is 14.3. The third-order valence-corrected chi connectivity index (χ3v) is 3.67. The van der Waals surface area contributed by atoms with E-state index in [9.17, 15) is 8.78 Å². The number of hydrogen-bond acceptors (Lipinski definition) is 6. The molecule has 10 heteroatoms. The topological polar surface area (TPSA) is 98.4 Å². The zero-order chi connectivity index (χ0) is 16.8. The molecule has 0 spiro atoms. The fraction of sp³-hybridized carbons (Fsp3) is 0.143. The summed E-state index contributed by atoms with van der Waals surface area (Å²) >= 11 is 0. The first-order valence-electron chi connectivity index (χ1n) is 7.04. The van der Waals surface area contributed by atoms with Crippen LogP contribution in [0.4, 0.5) is 20.5 Å². The van der Waals surface area contributed by atoms with Crippen molar-refractivity contribution in [2.75, 3.05) is 18.1 Å². The van der Waals surface area contributed by atoms with Crippen LogP contribution in [0.3, 0.4) is 0 Å². The molecule has 0 aromatic carbocycles. The van der Waals surface area contributed by atoms with Crippen molar-refractivity contribution in [1.29, 1.82) is 0 Å². The summed E-state index contributed by atoms with van der Waals surface area (Å²) in [6, 6.07) is 3.47. The average Bonchev–Trinajstić information content (AvgIpc) is 3.16. The van der Waals surface area contributed by atoms with Gasteiger partial charge in [0.2, 0.25) is 5.95 Å². The zero-order valence-electron chi connectivity index (χ0n) is 12.5. The molecular formula is C14H12F2N8. The van der Waals surface area contributed by atoms with Crippen molar-refractivity contribution < 1.29 is 8.78 Å². The summed E-state index contributed by atoms with van der Waals surface area (Å²) in [6.07, 6.45) is 1.77. The predicted molar refractivity (Wildman–Crippen MR) is 83.9 cm³/mol. The molecule has 0 aliphatic carbocycles. The van der Waals surface area contributed by atoms with Crippen molar-refractivity contribution in [1.82, 2.24) is 29.2 Å². The van der Waals surface area contributed by atoms with Gasteiger partial charge in [0, 0.05) is 25.0 Å². The molecule has 0 bridgehead atoms. The highest BCUT2D eigenvalue weighted by Crippen LogP contribution is 2.30. The van der Waals surface area contributed by atoms with E-state index in [1.165, 1.54) is 4.52 Å². The fourth-order valence-electron chi connectivity index (χ4n) is 2.61. The highest BCUT2D eigenvalue weighted by atomic mass is 19.3. The van der Waals surface area contributed by atoms with Gasteiger partial charge in [-0.1, -0.05) is 0 Å². The summed E-state index contributed by atoms with van der Waals surface area (Å²) in [5, 5.41) is 10.9. The van der Waals surface area contributed by atoms with Crippen molar-refractivity contribution >= 4 is 22.9 Å². The summed E-state index contributed by atoms with van der Waals surface area (Å²) in [5.41, 5.74) is 7.43. The van der Waals surface area contributed by atoms with Gasteiger partial charge in [0.15, 0.2) is 11.5 Å². The van der Waals surface area contributed by atoms with E-state index < -0.39 is 6.43 Å². The third-order valence-electron chi connectivity index (χ3n) is 3.67. The number of nitrogen functional groups attached to an aromatic ring is 1. The van der Waals surface area contributed by atoms with E-state index in [4.69, 9.17) is 5.73 Å². The number of rotatable bonds is 3. The van der Waals surface area contributed by atoms with Crippen molar-refractivity contribution in [2.45, 2.75) is 6.43 Å². The molecule has 0 aliphatic heterocycles. The molecular weight excluding hydrogens is 318 g/mol. The van der Waals surface area contributed by atoms with Crippen LogP contribution in [0, 0.1) is 0 Å². The standard InChI is InChI=1S/C14H12F2N8/c1-18-12-10-7(2-4-23(10)22-14(17)21-12)9-3-5-24-13(20-9)8(6-19-24)11(15)16/h2-6,11H,1H3,(H3,17,18,21,22). The number of nitrogens with zero attached hydrogens (tertiary/aromatic N) is 6. The first-order chi connectivity index (χ1) is 11.6. The number of fused-ring (bicyclic) bond motifs is 2. The molecule has 4 heterocycles. The lowest BCUT2D eigenvalue weighted by Gasteiger charge is -2.07. The number of aromatic nitrogens is 6. The van der Waals surface area contributed by atoms with Crippen LogP contribution in [0.25, 0.3) is 22.4 Å². The molecule has 4 aromatic rings. The monoisotopic (exact) mass is 330 g/mol. The number of nitrogens with one attached hydrogen (secondary N) is 1. The maximum absolute atomic E-state index is 13.1. The maximum atomic E-state index is 13.1. The molecule has 0 saturated carbocycles. The lowest BCUT2D eigenvalue weighted by molar-refractivity contribution is 0.153. The molecule has 0 amide bonds. The Morgan fingerprint density at radius 3 is 2.71 bits per heavy atom. The third kappa shape index (κ3) is 2.03. The Morgan fingerprint density at radius 1 is 1.17 bits per heavy atom. The SMILES string of the molecule is CNc1nc(N)nn2ccc(-c3ccn4ncc(C(F)F)c4n3)c12. The molecule has 3 N–H and O–H groups in total. The summed E-state index contributed by atoms with van der Waals surface area (Å²) in [4.78, 5) is 8.49. The Kier molecular flexibility index (Phi) is 3.05. The van der Waals surface area contributed by atoms with Gasteiger partial charge in [-0.25, -0.2) is 22.8 Å². The van der Waals surface area contributed by atoms with Gasteiger partial charge in [0.05, 0.1) is 17.5 Å². The Bertz CT molecular complexity index is 1050. The molecule has 0 radical (unpaired) electrons. The van der Waals surface area contributed by atoms with Crippen LogP contribution < -0.4 is 11.1 Å². The van der Waals surface area contributed by atoms with Crippen LogP contribution in [0.2, 0.25) is 0 Å². The number of halogens is 2. The van der Waals surface area contributed by atoms with Gasteiger partial charge in [0.25, 0.3) is 6.43 Å². The normalized spacial score (nSPS) is 11.7. The molecule has 0 atom stereocenters. The second kappa shape index (κ2) is 5.11. The van der Waals surface area contributed by atoms with E-state index in [-0.39, 0.29) is 17.2 Å². The van der Waals surface area contributed by atoms with Crippen molar-refractivity contribution in [3.05, 3.63) is 36.3 Å². The molecule has 0 aliphatic rings. The Hall–Kier alpha value is -3.30. The minimum absolute atomic E-state index is 0.115. The molecule has 0 unspecified atom stereocenters. The van der Waals surface area contributed by atoms with Crippen LogP contribution >= 0.6 is 0 Å². The van der Waals surface area contributed by atoms with E-state index in [2.05, 4.69) is 25.5 Å². The van der Waals surface area contributed by atoms with E-state index in [0.717, 1.165) is 6.20 Å². The number of hydrogen-bond donors (Lipinski definition) is 2. The lowest BCUT2D eigenvalue weighted by Crippen LogP contribution is -2.05. The Morgan fingerprint density at radius 2 is 1.96 bits per heavy atom. The smallest absolute Gasteiger partial charge is 0.269 e. The molecule has 122 valence electrons. The van der Waals surface area contributed by atoms with Gasteiger partial charge in [-0.3, -0.25) is 0 Å². The Labute approximate surface area is 133 Å². The number of alkyl halides is 2. The van der Waals surface area contributed by atoms with Gasteiger partial charge in [-0.2, -0.15) is 10.1 Å². The van der Waals surface area contributed by atoms with Crippen molar-refractivity contribution in [3.63, 3.8) is 0 Å². The van der Waals surface area contributed by atoms with Crippen LogP contribution in [0.1, 0.15) is 12.0 Å². The van der Waals surface area contributed by atoms with Gasteiger partial charge in [0.1, 0.15) is 5.52 Å². The summed E-state index contributed by atoms with van der Waals surface area (Å²) in [6.45, 7) is 0. The summed E-state index contributed by atoms with van der Waals surface area (Å²) in [7, 11) is 1.71. The quantitative estimate of drug-likeness (QED) is 0.596. The average molecular weight is 330 g/mol. The van der Waals surface area contributed by atoms with E-state index >= 15 is 0 Å². The van der Waals surface area contributed by atoms with Crippen LogP contribution in [0.5, 0.6) is 0 Å². The van der Waals surface area contributed by atoms with Crippen LogP contribution in [-0.4, -0.2) is 36.2 Å². The molecule has 24 heavy (non-hydrogen) atoms. The van der Waals surface area contributed by atoms with Gasteiger partial charge in [-0.15, -0.1) is 5.10 Å². The molecule has 8 nitrogen and oxygen atoms in total. The maximum Gasteiger partial charge on any atom is 0.269 e. The number of nitrogens with two attached hydrogens (primary N) is 1. The minimum atomic E-state index is -2.65. The largest absolute Gasteiger partial charge is 0.371 e.